The summed E-state index contributed by atoms with van der Waals surface area (Å²) in [6, 6.07) is 8.83. The van der Waals surface area contributed by atoms with Crippen LogP contribution in [0.4, 0.5) is 5.69 Å². The fourth-order valence-electron chi connectivity index (χ4n) is 2.49. The van der Waals surface area contributed by atoms with E-state index in [1.165, 1.54) is 6.07 Å². The van der Waals surface area contributed by atoms with Crippen molar-refractivity contribution in [2.24, 2.45) is 0 Å². The molecular weight excluding hydrogens is 370 g/mol. The molecular formula is C18H19N3O5S. The lowest BCUT2D eigenvalue weighted by Gasteiger charge is -2.13. The number of hydrogen-bond acceptors (Lipinski definition) is 7. The molecule has 0 saturated carbocycles. The van der Waals surface area contributed by atoms with Crippen LogP contribution >= 0.6 is 0 Å². The molecule has 0 unspecified atom stereocenters. The zero-order chi connectivity index (χ0) is 19.8. The second kappa shape index (κ2) is 6.92. The number of nitrogens with one attached hydrogen (secondary N) is 1. The van der Waals surface area contributed by atoms with E-state index in [-0.39, 0.29) is 28.0 Å². The molecule has 142 valence electrons. The van der Waals surface area contributed by atoms with Gasteiger partial charge in [0, 0.05) is 6.07 Å². The molecule has 8 nitrogen and oxygen atoms in total. The predicted molar refractivity (Wildman–Crippen MR) is 99.1 cm³/mol. The average Bonchev–Trinajstić information content (AvgIpc) is 3.04. The van der Waals surface area contributed by atoms with Crippen LogP contribution in [0.15, 0.2) is 45.8 Å². The van der Waals surface area contributed by atoms with Gasteiger partial charge in [-0.05, 0) is 36.6 Å². The Hall–Kier alpha value is -3.07. The molecule has 0 bridgehead atoms. The Bertz CT molecular complexity index is 1090. The van der Waals surface area contributed by atoms with E-state index in [4.69, 9.17) is 4.52 Å². The number of aromatic hydroxyl groups is 2. The van der Waals surface area contributed by atoms with Gasteiger partial charge < -0.3 is 14.7 Å². The van der Waals surface area contributed by atoms with Crippen molar-refractivity contribution in [3.8, 4) is 23.0 Å². The zero-order valence-corrected chi connectivity index (χ0v) is 15.8. The van der Waals surface area contributed by atoms with E-state index in [1.54, 1.807) is 19.1 Å². The highest BCUT2D eigenvalue weighted by atomic mass is 32.2. The molecule has 0 spiro atoms. The maximum atomic E-state index is 12.8. The van der Waals surface area contributed by atoms with Crippen molar-refractivity contribution >= 4 is 15.7 Å². The van der Waals surface area contributed by atoms with Gasteiger partial charge in [-0.1, -0.05) is 31.1 Å². The lowest BCUT2D eigenvalue weighted by atomic mass is 10.0. The summed E-state index contributed by atoms with van der Waals surface area (Å²) in [5, 5.41) is 23.3. The van der Waals surface area contributed by atoms with E-state index in [0.29, 0.717) is 5.82 Å². The van der Waals surface area contributed by atoms with Crippen molar-refractivity contribution in [1.82, 2.24) is 10.1 Å². The second-order valence-electron chi connectivity index (χ2n) is 6.37. The van der Waals surface area contributed by atoms with Crippen LogP contribution < -0.4 is 4.72 Å². The minimum Gasteiger partial charge on any atom is -0.504 e. The first-order valence-electron chi connectivity index (χ1n) is 8.17. The first-order valence-corrected chi connectivity index (χ1v) is 9.65. The molecule has 9 heteroatoms. The lowest BCUT2D eigenvalue weighted by molar-refractivity contribution is 0.403. The monoisotopic (exact) mass is 389 g/mol. The summed E-state index contributed by atoms with van der Waals surface area (Å²) in [6.07, 6.45) is 0. The van der Waals surface area contributed by atoms with Crippen molar-refractivity contribution in [2.75, 3.05) is 4.72 Å². The van der Waals surface area contributed by atoms with Gasteiger partial charge >= 0.3 is 0 Å². The van der Waals surface area contributed by atoms with Crippen LogP contribution in [-0.4, -0.2) is 28.8 Å². The number of nitrogens with zero attached hydrogens (tertiary/aromatic N) is 2. The Morgan fingerprint density at radius 3 is 2.44 bits per heavy atom. The minimum absolute atomic E-state index is 0.00361. The predicted octanol–water partition coefficient (Wildman–Crippen LogP) is 3.38. The molecule has 2 aromatic carbocycles. The highest BCUT2D eigenvalue weighted by molar-refractivity contribution is 7.92. The largest absolute Gasteiger partial charge is 0.504 e. The van der Waals surface area contributed by atoms with E-state index >= 15 is 0 Å². The summed E-state index contributed by atoms with van der Waals surface area (Å²) in [6.45, 7) is 5.54. The maximum absolute atomic E-state index is 12.8. The molecule has 3 N–H and O–H groups in total. The number of anilines is 1. The number of aromatic nitrogens is 2. The van der Waals surface area contributed by atoms with Crippen LogP contribution in [0.2, 0.25) is 0 Å². The summed E-state index contributed by atoms with van der Waals surface area (Å²) in [7, 11) is -3.96. The molecule has 27 heavy (non-hydrogen) atoms. The molecule has 0 aliphatic rings. The topological polar surface area (TPSA) is 126 Å². The second-order valence-corrected chi connectivity index (χ2v) is 8.05. The summed E-state index contributed by atoms with van der Waals surface area (Å²) in [5.74, 6) is -0.406. The highest BCUT2D eigenvalue weighted by Gasteiger charge is 2.21. The summed E-state index contributed by atoms with van der Waals surface area (Å²) >= 11 is 0. The minimum atomic E-state index is -3.96. The Morgan fingerprint density at radius 1 is 1.11 bits per heavy atom. The van der Waals surface area contributed by atoms with E-state index < -0.39 is 21.5 Å². The van der Waals surface area contributed by atoms with Crippen molar-refractivity contribution in [1.29, 1.82) is 0 Å². The van der Waals surface area contributed by atoms with Gasteiger partial charge in [-0.3, -0.25) is 4.72 Å². The third kappa shape index (κ3) is 3.87. The third-order valence-corrected chi connectivity index (χ3v) is 5.32. The quantitative estimate of drug-likeness (QED) is 0.451. The van der Waals surface area contributed by atoms with Crippen LogP contribution in [0.3, 0.4) is 0 Å². The number of benzene rings is 2. The molecule has 1 aromatic heterocycles. The Kier molecular flexibility index (Phi) is 4.79. The fraction of sp³-hybridized carbons (Fsp3) is 0.222. The normalized spacial score (nSPS) is 11.7. The first-order chi connectivity index (χ1) is 12.7. The molecule has 3 aromatic rings. The fourth-order valence-corrected chi connectivity index (χ4v) is 3.61. The first kappa shape index (κ1) is 18.7. The Balaban J connectivity index is 2.06. The van der Waals surface area contributed by atoms with Crippen molar-refractivity contribution in [3.05, 3.63) is 47.8 Å². The lowest BCUT2D eigenvalue weighted by Crippen LogP contribution is -2.14. The van der Waals surface area contributed by atoms with Gasteiger partial charge in [-0.25, -0.2) is 8.42 Å². The number of hydrogen-bond donors (Lipinski definition) is 3. The van der Waals surface area contributed by atoms with Gasteiger partial charge in [0.1, 0.15) is 0 Å². The zero-order valence-electron chi connectivity index (χ0n) is 15.0. The standard InChI is InChI=1S/C18H19N3O5S/c1-10(2)12-5-4-6-13(7-12)27(24,25)21-15-9-17(23)16(22)8-14(15)18-19-11(3)20-26-18/h4-10,21-23H,1-3H3. The molecule has 0 fully saturated rings. The van der Waals surface area contributed by atoms with E-state index in [9.17, 15) is 18.6 Å². The van der Waals surface area contributed by atoms with Crippen molar-refractivity contribution < 1.29 is 23.2 Å². The van der Waals surface area contributed by atoms with Crippen LogP contribution in [0.25, 0.3) is 11.5 Å². The molecule has 0 saturated heterocycles. The van der Waals surface area contributed by atoms with Gasteiger partial charge in [-0.2, -0.15) is 4.98 Å². The molecule has 0 aliphatic carbocycles. The average molecular weight is 389 g/mol. The third-order valence-electron chi connectivity index (χ3n) is 3.95. The number of rotatable bonds is 5. The number of aryl methyl sites for hydroxylation is 1. The molecule has 3 rings (SSSR count). The van der Waals surface area contributed by atoms with Crippen LogP contribution in [-0.2, 0) is 10.0 Å². The van der Waals surface area contributed by atoms with Crippen LogP contribution in [0.1, 0.15) is 31.2 Å². The van der Waals surface area contributed by atoms with Gasteiger partial charge in [0.15, 0.2) is 17.3 Å². The van der Waals surface area contributed by atoms with E-state index in [1.807, 2.05) is 19.9 Å². The van der Waals surface area contributed by atoms with Gasteiger partial charge in [-0.15, -0.1) is 0 Å². The molecule has 1 heterocycles. The highest BCUT2D eigenvalue weighted by Crippen LogP contribution is 2.38. The summed E-state index contributed by atoms with van der Waals surface area (Å²) < 4.78 is 33.2. The molecule has 0 amide bonds. The Labute approximate surface area is 156 Å². The van der Waals surface area contributed by atoms with Crippen LogP contribution in [0, 0.1) is 6.92 Å². The van der Waals surface area contributed by atoms with Gasteiger partial charge in [0.25, 0.3) is 15.9 Å². The Morgan fingerprint density at radius 2 is 1.81 bits per heavy atom. The number of phenolic OH excluding ortho intramolecular Hbond substituents is 2. The van der Waals surface area contributed by atoms with E-state index in [2.05, 4.69) is 14.9 Å². The van der Waals surface area contributed by atoms with Crippen LogP contribution in [0.5, 0.6) is 11.5 Å². The SMILES string of the molecule is Cc1noc(-c2cc(O)c(O)cc2NS(=O)(=O)c2cccc(C(C)C)c2)n1. The number of sulfonamides is 1. The molecule has 0 atom stereocenters. The number of phenols is 2. The van der Waals surface area contributed by atoms with Gasteiger partial charge in [0.05, 0.1) is 16.1 Å². The smallest absolute Gasteiger partial charge is 0.261 e. The van der Waals surface area contributed by atoms with Crippen molar-refractivity contribution in [2.45, 2.75) is 31.6 Å². The summed E-state index contributed by atoms with van der Waals surface area (Å²) in [5.41, 5.74) is 1.03. The molecule has 0 radical (unpaired) electrons. The summed E-state index contributed by atoms with van der Waals surface area (Å²) in [4.78, 5) is 4.12. The van der Waals surface area contributed by atoms with E-state index in [0.717, 1.165) is 17.7 Å². The van der Waals surface area contributed by atoms with Gasteiger partial charge in [0.2, 0.25) is 0 Å². The molecule has 0 aliphatic heterocycles. The maximum Gasteiger partial charge on any atom is 0.261 e. The van der Waals surface area contributed by atoms with Crippen molar-refractivity contribution in [3.63, 3.8) is 0 Å².